The van der Waals surface area contributed by atoms with Crippen molar-refractivity contribution < 1.29 is 22.0 Å². The number of hydrogen-bond donors (Lipinski definition) is 2. The first-order valence-electron chi connectivity index (χ1n) is 10.3. The molecule has 0 atom stereocenters. The summed E-state index contributed by atoms with van der Waals surface area (Å²) in [4.78, 5) is 24.5. The second kappa shape index (κ2) is 9.47. The van der Waals surface area contributed by atoms with Crippen molar-refractivity contribution in [1.82, 2.24) is 15.0 Å². The number of benzene rings is 2. The second-order valence-electron chi connectivity index (χ2n) is 7.61. The molecule has 2 aromatic heterocycles. The Bertz CT molecular complexity index is 1490. The van der Waals surface area contributed by atoms with Crippen molar-refractivity contribution in [1.29, 1.82) is 0 Å². The summed E-state index contributed by atoms with van der Waals surface area (Å²) in [6, 6.07) is 10.5. The van der Waals surface area contributed by atoms with Crippen LogP contribution in [0.25, 0.3) is 22.6 Å². The number of carbonyl (C=O) groups excluding carboxylic acids is 1. The highest BCUT2D eigenvalue weighted by atomic mass is 35.5. The van der Waals surface area contributed by atoms with Crippen molar-refractivity contribution in [2.75, 3.05) is 10.5 Å². The number of rotatable bonds is 8. The molecule has 7 nitrogen and oxygen atoms in total. The fourth-order valence-electron chi connectivity index (χ4n) is 3.43. The zero-order valence-electron chi connectivity index (χ0n) is 17.9. The van der Waals surface area contributed by atoms with E-state index in [0.29, 0.717) is 34.0 Å². The standard InChI is InChI=1S/C23H19ClF2N4O3S/c1-2-9-34(32,33)30-17-8-7-16(25)20(21(17)26)19(31)11-13-10-18-23(27-12-13)29-22(28-18)14-3-5-15(24)6-4-14/h3-8,10,12,30H,2,9,11H2,1H3,(H,27,28,29). The number of H-pyrrole nitrogens is 1. The van der Waals surface area contributed by atoms with Crippen LogP contribution < -0.4 is 4.72 Å². The molecule has 0 fully saturated rings. The molecule has 0 amide bonds. The van der Waals surface area contributed by atoms with Gasteiger partial charge in [0.2, 0.25) is 10.0 Å². The lowest BCUT2D eigenvalue weighted by Gasteiger charge is -2.11. The van der Waals surface area contributed by atoms with Gasteiger partial charge >= 0.3 is 0 Å². The van der Waals surface area contributed by atoms with Crippen molar-refractivity contribution in [2.24, 2.45) is 0 Å². The van der Waals surface area contributed by atoms with Crippen LogP contribution >= 0.6 is 11.6 Å². The molecule has 11 heteroatoms. The Morgan fingerprint density at radius 1 is 1.15 bits per heavy atom. The number of nitrogens with one attached hydrogen (secondary N) is 2. The summed E-state index contributed by atoms with van der Waals surface area (Å²) in [5.41, 5.74) is 0.838. The molecule has 0 saturated carbocycles. The SMILES string of the molecule is CCCS(=O)(=O)Nc1ccc(F)c(C(=O)Cc2cnc3nc(-c4ccc(Cl)cc4)[nH]c3c2)c1F. The minimum atomic E-state index is -3.82. The third-order valence-electron chi connectivity index (χ3n) is 4.98. The van der Waals surface area contributed by atoms with Gasteiger partial charge in [-0.3, -0.25) is 9.52 Å². The molecule has 0 radical (unpaired) electrons. The number of halogens is 3. The molecular formula is C23H19ClF2N4O3S. The number of anilines is 1. The summed E-state index contributed by atoms with van der Waals surface area (Å²) in [6.45, 7) is 1.65. The quantitative estimate of drug-likeness (QED) is 0.323. The topological polar surface area (TPSA) is 105 Å². The Morgan fingerprint density at radius 3 is 2.59 bits per heavy atom. The zero-order chi connectivity index (χ0) is 24.5. The lowest BCUT2D eigenvalue weighted by atomic mass is 10.0. The zero-order valence-corrected chi connectivity index (χ0v) is 19.5. The molecule has 0 bridgehead atoms. The van der Waals surface area contributed by atoms with E-state index in [-0.39, 0.29) is 12.2 Å². The van der Waals surface area contributed by atoms with E-state index in [2.05, 4.69) is 19.7 Å². The number of aromatic amines is 1. The van der Waals surface area contributed by atoms with E-state index in [9.17, 15) is 22.0 Å². The molecule has 2 N–H and O–H groups in total. The number of imidazole rings is 1. The van der Waals surface area contributed by atoms with Gasteiger partial charge in [-0.05, 0) is 54.4 Å². The number of sulfonamides is 1. The van der Waals surface area contributed by atoms with Crippen LogP contribution in [0.3, 0.4) is 0 Å². The largest absolute Gasteiger partial charge is 0.337 e. The summed E-state index contributed by atoms with van der Waals surface area (Å²) < 4.78 is 55.3. The van der Waals surface area contributed by atoms with Gasteiger partial charge in [-0.1, -0.05) is 18.5 Å². The fourth-order valence-corrected chi connectivity index (χ4v) is 4.69. The number of carbonyl (C=O) groups is 1. The Labute approximate surface area is 199 Å². The van der Waals surface area contributed by atoms with Crippen LogP contribution in [-0.4, -0.2) is 34.9 Å². The molecule has 0 unspecified atom stereocenters. The van der Waals surface area contributed by atoms with Gasteiger partial charge in [0, 0.05) is 23.2 Å². The van der Waals surface area contributed by atoms with E-state index >= 15 is 0 Å². The van der Waals surface area contributed by atoms with Gasteiger partial charge in [-0.25, -0.2) is 27.2 Å². The lowest BCUT2D eigenvalue weighted by molar-refractivity contribution is 0.0985. The number of fused-ring (bicyclic) bond motifs is 1. The molecular weight excluding hydrogens is 486 g/mol. The van der Waals surface area contributed by atoms with Gasteiger partial charge in [0.05, 0.1) is 22.5 Å². The molecule has 0 aliphatic carbocycles. The van der Waals surface area contributed by atoms with Gasteiger partial charge in [0.1, 0.15) is 11.6 Å². The van der Waals surface area contributed by atoms with Crippen LogP contribution in [0.15, 0.2) is 48.7 Å². The molecule has 2 aromatic carbocycles. The highest BCUT2D eigenvalue weighted by Crippen LogP contribution is 2.25. The maximum atomic E-state index is 14.9. The average molecular weight is 505 g/mol. The molecule has 4 aromatic rings. The van der Waals surface area contributed by atoms with Gasteiger partial charge in [-0.15, -0.1) is 0 Å². The van der Waals surface area contributed by atoms with Crippen molar-refractivity contribution in [2.45, 2.75) is 19.8 Å². The van der Waals surface area contributed by atoms with Gasteiger partial charge in [0.15, 0.2) is 17.2 Å². The Kier molecular flexibility index (Phi) is 6.63. The molecule has 2 heterocycles. The van der Waals surface area contributed by atoms with E-state index in [1.807, 2.05) is 0 Å². The summed E-state index contributed by atoms with van der Waals surface area (Å²) in [5.74, 6) is -2.88. The van der Waals surface area contributed by atoms with Gasteiger partial charge < -0.3 is 4.98 Å². The van der Waals surface area contributed by atoms with Crippen LogP contribution in [0.5, 0.6) is 0 Å². The van der Waals surface area contributed by atoms with E-state index in [0.717, 1.165) is 17.7 Å². The number of hydrogen-bond acceptors (Lipinski definition) is 5. The average Bonchev–Trinajstić information content (AvgIpc) is 3.19. The molecule has 0 saturated heterocycles. The lowest BCUT2D eigenvalue weighted by Crippen LogP contribution is -2.19. The summed E-state index contributed by atoms with van der Waals surface area (Å²) in [6.07, 6.45) is 1.36. The number of Topliss-reactive ketones (excluding diaryl/α,β-unsaturated/α-hetero) is 1. The first-order valence-corrected chi connectivity index (χ1v) is 12.3. The molecule has 0 aliphatic heterocycles. The highest BCUT2D eigenvalue weighted by Gasteiger charge is 2.23. The number of pyridine rings is 1. The minimum absolute atomic E-state index is 0.235. The fraction of sp³-hybridized carbons (Fsp3) is 0.174. The molecule has 4 rings (SSSR count). The third-order valence-corrected chi connectivity index (χ3v) is 6.71. The van der Waals surface area contributed by atoms with Gasteiger partial charge in [0.25, 0.3) is 0 Å². The Hall–Kier alpha value is -3.37. The van der Waals surface area contributed by atoms with Crippen molar-refractivity contribution in [3.8, 4) is 11.4 Å². The summed E-state index contributed by atoms with van der Waals surface area (Å²) in [7, 11) is -3.82. The first kappa shape index (κ1) is 23.8. The normalized spacial score (nSPS) is 11.6. The van der Waals surface area contributed by atoms with Crippen LogP contribution in [0.2, 0.25) is 5.02 Å². The molecule has 176 valence electrons. The van der Waals surface area contributed by atoms with Crippen molar-refractivity contribution in [3.05, 3.63) is 76.4 Å². The summed E-state index contributed by atoms with van der Waals surface area (Å²) >= 11 is 5.91. The predicted octanol–water partition coefficient (Wildman–Crippen LogP) is 5.13. The number of nitrogens with zero attached hydrogens (tertiary/aromatic N) is 2. The maximum Gasteiger partial charge on any atom is 0.232 e. The number of ketones is 1. The van der Waals surface area contributed by atoms with E-state index in [1.54, 1.807) is 37.3 Å². The van der Waals surface area contributed by atoms with Crippen LogP contribution in [0.4, 0.5) is 14.5 Å². The third kappa shape index (κ3) is 5.07. The Morgan fingerprint density at radius 2 is 1.88 bits per heavy atom. The highest BCUT2D eigenvalue weighted by molar-refractivity contribution is 7.92. The molecule has 0 spiro atoms. The van der Waals surface area contributed by atoms with E-state index in [4.69, 9.17) is 11.6 Å². The van der Waals surface area contributed by atoms with Crippen molar-refractivity contribution in [3.63, 3.8) is 0 Å². The smallest absolute Gasteiger partial charge is 0.232 e. The van der Waals surface area contributed by atoms with Crippen molar-refractivity contribution >= 4 is 44.3 Å². The Balaban J connectivity index is 1.60. The van der Waals surface area contributed by atoms with E-state index < -0.39 is 38.7 Å². The minimum Gasteiger partial charge on any atom is -0.337 e. The predicted molar refractivity (Wildman–Crippen MR) is 126 cm³/mol. The molecule has 0 aliphatic rings. The number of aromatic nitrogens is 3. The van der Waals surface area contributed by atoms with Crippen LogP contribution in [0.1, 0.15) is 29.3 Å². The monoisotopic (exact) mass is 504 g/mol. The molecule has 34 heavy (non-hydrogen) atoms. The second-order valence-corrected chi connectivity index (χ2v) is 9.89. The van der Waals surface area contributed by atoms with Crippen LogP contribution in [-0.2, 0) is 16.4 Å². The first-order chi connectivity index (χ1) is 16.2. The van der Waals surface area contributed by atoms with Crippen LogP contribution in [0, 0.1) is 11.6 Å². The van der Waals surface area contributed by atoms with Gasteiger partial charge in [-0.2, -0.15) is 0 Å². The summed E-state index contributed by atoms with van der Waals surface area (Å²) in [5, 5.41) is 0.584. The van der Waals surface area contributed by atoms with E-state index in [1.165, 1.54) is 6.20 Å². The maximum absolute atomic E-state index is 14.9.